The van der Waals surface area contributed by atoms with Gasteiger partial charge in [0.25, 0.3) is 11.1 Å². The van der Waals surface area contributed by atoms with E-state index in [1.165, 1.54) is 0 Å². The van der Waals surface area contributed by atoms with Gasteiger partial charge >= 0.3 is 0 Å². The first-order valence-electron chi connectivity index (χ1n) is 11.4. The molecule has 196 valence electrons. The molecule has 0 aromatic heterocycles. The standard InChI is InChI=1S/C27H21I3N2O5S/c1-2-36-20-9-7-19(8-10-20)31-24(33)14-32-26(34)23(38-27(32)35)13-17-11-21(29)25(22(30)12-17)37-15-16-3-5-18(28)6-4-16/h3-13H,2,14-15H2,1H3,(H,31,33)/b23-13+. The molecule has 3 aromatic rings. The molecule has 11 heteroatoms. The molecule has 4 rings (SSSR count). The van der Waals surface area contributed by atoms with Crippen LogP contribution in [0.5, 0.6) is 11.5 Å². The number of halogens is 3. The number of nitrogens with zero attached hydrogens (tertiary/aromatic N) is 1. The van der Waals surface area contributed by atoms with Crippen molar-refractivity contribution < 1.29 is 23.9 Å². The molecule has 3 amide bonds. The summed E-state index contributed by atoms with van der Waals surface area (Å²) in [4.78, 5) is 39.2. The topological polar surface area (TPSA) is 84.9 Å². The van der Waals surface area contributed by atoms with E-state index in [0.717, 1.165) is 44.2 Å². The second-order valence-electron chi connectivity index (χ2n) is 8.00. The second kappa shape index (κ2) is 13.5. The molecule has 1 heterocycles. The minimum Gasteiger partial charge on any atom is -0.494 e. The number of hydrogen-bond donors (Lipinski definition) is 1. The van der Waals surface area contributed by atoms with Crippen molar-refractivity contribution in [3.63, 3.8) is 0 Å². The maximum atomic E-state index is 12.9. The Labute approximate surface area is 265 Å². The fourth-order valence-electron chi connectivity index (χ4n) is 3.47. The highest BCUT2D eigenvalue weighted by Crippen LogP contribution is 2.35. The summed E-state index contributed by atoms with van der Waals surface area (Å²) in [6, 6.07) is 18.8. The van der Waals surface area contributed by atoms with E-state index in [9.17, 15) is 14.4 Å². The number of nitrogens with one attached hydrogen (secondary N) is 1. The SMILES string of the molecule is CCOc1ccc(NC(=O)CN2C(=O)S/C(=C/c3cc(I)c(OCc4ccc(I)cc4)c(I)c3)C2=O)cc1. The summed E-state index contributed by atoms with van der Waals surface area (Å²) in [5.41, 5.74) is 2.39. The van der Waals surface area contributed by atoms with Crippen molar-refractivity contribution in [3.8, 4) is 11.5 Å². The molecule has 7 nitrogen and oxygen atoms in total. The van der Waals surface area contributed by atoms with Crippen LogP contribution in [-0.2, 0) is 16.2 Å². The Kier molecular flexibility index (Phi) is 10.3. The predicted molar refractivity (Wildman–Crippen MR) is 174 cm³/mol. The predicted octanol–water partition coefficient (Wildman–Crippen LogP) is 7.15. The Balaban J connectivity index is 1.40. The van der Waals surface area contributed by atoms with Crippen molar-refractivity contribution in [1.29, 1.82) is 0 Å². The van der Waals surface area contributed by atoms with Crippen LogP contribution in [0.2, 0.25) is 0 Å². The van der Waals surface area contributed by atoms with E-state index in [2.05, 4.69) is 73.1 Å². The third-order valence-electron chi connectivity index (χ3n) is 5.24. The van der Waals surface area contributed by atoms with E-state index in [1.807, 2.05) is 43.3 Å². The molecule has 1 N–H and O–H groups in total. The monoisotopic (exact) mass is 866 g/mol. The summed E-state index contributed by atoms with van der Waals surface area (Å²) in [5, 5.41) is 2.22. The molecular weight excluding hydrogens is 845 g/mol. The number of benzene rings is 3. The molecule has 3 aromatic carbocycles. The van der Waals surface area contributed by atoms with Crippen molar-refractivity contribution in [1.82, 2.24) is 4.90 Å². The summed E-state index contributed by atoms with van der Waals surface area (Å²) in [5.74, 6) is 0.500. The number of rotatable bonds is 9. The van der Waals surface area contributed by atoms with Gasteiger partial charge in [-0.05, 0) is 152 Å². The third-order valence-corrected chi connectivity index (χ3v) is 8.47. The molecule has 0 atom stereocenters. The van der Waals surface area contributed by atoms with Crippen LogP contribution >= 0.6 is 79.5 Å². The van der Waals surface area contributed by atoms with Crippen molar-refractivity contribution >= 4 is 108 Å². The van der Waals surface area contributed by atoms with Gasteiger partial charge in [-0.15, -0.1) is 0 Å². The van der Waals surface area contributed by atoms with Crippen LogP contribution in [0.3, 0.4) is 0 Å². The van der Waals surface area contributed by atoms with Gasteiger partial charge in [0, 0.05) is 9.26 Å². The van der Waals surface area contributed by atoms with E-state index in [4.69, 9.17) is 9.47 Å². The quantitative estimate of drug-likeness (QED) is 0.182. The number of amides is 3. The lowest BCUT2D eigenvalue weighted by atomic mass is 10.2. The van der Waals surface area contributed by atoms with Crippen LogP contribution in [0, 0.1) is 10.7 Å². The zero-order valence-corrected chi connectivity index (χ0v) is 27.3. The van der Waals surface area contributed by atoms with E-state index >= 15 is 0 Å². The summed E-state index contributed by atoms with van der Waals surface area (Å²) in [7, 11) is 0. The zero-order valence-electron chi connectivity index (χ0n) is 20.0. The first kappa shape index (κ1) is 29.1. The normalized spacial score (nSPS) is 14.2. The van der Waals surface area contributed by atoms with Crippen molar-refractivity contribution in [2.45, 2.75) is 13.5 Å². The fourth-order valence-corrected chi connectivity index (χ4v) is 6.80. The van der Waals surface area contributed by atoms with E-state index < -0.39 is 17.1 Å². The zero-order chi connectivity index (χ0) is 27.2. The number of ether oxygens (including phenoxy) is 2. The highest BCUT2D eigenvalue weighted by Gasteiger charge is 2.36. The second-order valence-corrected chi connectivity index (χ2v) is 12.6. The molecule has 0 radical (unpaired) electrons. The fraction of sp³-hybridized carbons (Fsp3) is 0.148. The summed E-state index contributed by atoms with van der Waals surface area (Å²) < 4.78 is 14.4. The lowest BCUT2D eigenvalue weighted by molar-refractivity contribution is -0.127. The molecule has 0 spiro atoms. The number of thioether (sulfide) groups is 1. The Morgan fingerprint density at radius 2 is 1.63 bits per heavy atom. The molecule has 1 aliphatic heterocycles. The van der Waals surface area contributed by atoms with Crippen molar-refractivity contribution in [2.75, 3.05) is 18.5 Å². The van der Waals surface area contributed by atoms with Crippen molar-refractivity contribution in [3.05, 3.63) is 87.4 Å². The Hall–Kier alpha value is -1.85. The van der Waals surface area contributed by atoms with Gasteiger partial charge in [-0.3, -0.25) is 19.3 Å². The van der Waals surface area contributed by atoms with Gasteiger partial charge < -0.3 is 14.8 Å². The van der Waals surface area contributed by atoms with Crippen LogP contribution in [0.4, 0.5) is 10.5 Å². The molecule has 0 bridgehead atoms. The number of hydrogen-bond acceptors (Lipinski definition) is 6. The minimum atomic E-state index is -0.495. The lowest BCUT2D eigenvalue weighted by Gasteiger charge is -2.13. The van der Waals surface area contributed by atoms with E-state index in [-0.39, 0.29) is 11.4 Å². The molecule has 1 aliphatic rings. The van der Waals surface area contributed by atoms with Crippen LogP contribution < -0.4 is 14.8 Å². The molecule has 0 saturated carbocycles. The molecular formula is C27H21I3N2O5S. The minimum absolute atomic E-state index is 0.267. The van der Waals surface area contributed by atoms with Crippen molar-refractivity contribution in [2.24, 2.45) is 0 Å². The number of imide groups is 1. The van der Waals surface area contributed by atoms with Crippen LogP contribution in [0.25, 0.3) is 6.08 Å². The summed E-state index contributed by atoms with van der Waals surface area (Å²) in [6.07, 6.45) is 1.67. The molecule has 0 unspecified atom stereocenters. The van der Waals surface area contributed by atoms with Gasteiger partial charge in [-0.1, -0.05) is 12.1 Å². The van der Waals surface area contributed by atoms with Crippen LogP contribution in [0.1, 0.15) is 18.1 Å². The van der Waals surface area contributed by atoms with Gasteiger partial charge in [-0.25, -0.2) is 0 Å². The van der Waals surface area contributed by atoms with Gasteiger partial charge in [0.1, 0.15) is 24.7 Å². The van der Waals surface area contributed by atoms with Crippen LogP contribution in [0.15, 0.2) is 65.6 Å². The molecule has 1 fully saturated rings. The smallest absolute Gasteiger partial charge is 0.294 e. The van der Waals surface area contributed by atoms with E-state index in [1.54, 1.807) is 30.3 Å². The Morgan fingerprint density at radius 3 is 2.26 bits per heavy atom. The first-order chi connectivity index (χ1) is 18.2. The van der Waals surface area contributed by atoms with Gasteiger partial charge in [-0.2, -0.15) is 0 Å². The lowest BCUT2D eigenvalue weighted by Crippen LogP contribution is -2.36. The van der Waals surface area contributed by atoms with Gasteiger partial charge in [0.05, 0.1) is 18.7 Å². The van der Waals surface area contributed by atoms with Gasteiger partial charge in [0.2, 0.25) is 5.91 Å². The van der Waals surface area contributed by atoms with E-state index in [0.29, 0.717) is 24.7 Å². The maximum absolute atomic E-state index is 12.9. The highest BCUT2D eigenvalue weighted by atomic mass is 127. The van der Waals surface area contributed by atoms with Crippen LogP contribution in [-0.4, -0.2) is 35.1 Å². The summed E-state index contributed by atoms with van der Waals surface area (Å²) in [6.45, 7) is 2.51. The Bertz CT molecular complexity index is 1370. The number of anilines is 1. The molecule has 1 saturated heterocycles. The number of carbonyl (C=O) groups is 3. The molecule has 0 aliphatic carbocycles. The largest absolute Gasteiger partial charge is 0.494 e. The summed E-state index contributed by atoms with van der Waals surface area (Å²) >= 11 is 7.49. The van der Waals surface area contributed by atoms with Gasteiger partial charge in [0.15, 0.2) is 0 Å². The maximum Gasteiger partial charge on any atom is 0.294 e. The number of carbonyl (C=O) groups excluding carboxylic acids is 3. The third kappa shape index (κ3) is 7.63. The molecule has 38 heavy (non-hydrogen) atoms. The average Bonchev–Trinajstić information content (AvgIpc) is 3.13. The average molecular weight is 866 g/mol. The Morgan fingerprint density at radius 1 is 0.974 bits per heavy atom. The highest BCUT2D eigenvalue weighted by molar-refractivity contribution is 14.1. The first-order valence-corrected chi connectivity index (χ1v) is 15.4.